The van der Waals surface area contributed by atoms with Gasteiger partial charge in [0.25, 0.3) is 10.2 Å². The Morgan fingerprint density at radius 2 is 1.90 bits per heavy atom. The highest BCUT2D eigenvalue weighted by molar-refractivity contribution is 7.90. The van der Waals surface area contributed by atoms with Crippen LogP contribution in [0.3, 0.4) is 0 Å². The number of aryl methyl sites for hydroxylation is 1. The van der Waals surface area contributed by atoms with Crippen LogP contribution in [0, 0.1) is 6.92 Å². The molecule has 0 spiro atoms. The molecule has 0 heterocycles. The summed E-state index contributed by atoms with van der Waals surface area (Å²) in [6, 6.07) is 4.88. The number of benzene rings is 1. The third-order valence-corrected chi connectivity index (χ3v) is 3.75. The Balaban J connectivity index is 2.92. The van der Waals surface area contributed by atoms with Crippen molar-refractivity contribution in [2.24, 2.45) is 0 Å². The fraction of sp³-hybridized carbons (Fsp3) is 0.357. The molecule has 7 heteroatoms. The third kappa shape index (κ3) is 6.42. The SMILES string of the molecule is Cc1cc(NS(=O)(=O)NC(C)(C)C)ccc1/C=C/C(=O)O. The second-order valence-corrected chi connectivity index (χ2v) is 7.12. The maximum Gasteiger partial charge on any atom is 0.328 e. The number of carbonyl (C=O) groups is 1. The number of anilines is 1. The van der Waals surface area contributed by atoms with Crippen LogP contribution in [0.15, 0.2) is 24.3 Å². The molecule has 21 heavy (non-hydrogen) atoms. The van der Waals surface area contributed by atoms with E-state index in [0.717, 1.165) is 11.6 Å². The van der Waals surface area contributed by atoms with Crippen molar-refractivity contribution in [1.82, 2.24) is 4.72 Å². The Hall–Kier alpha value is -1.86. The zero-order valence-corrected chi connectivity index (χ0v) is 13.3. The Kier molecular flexibility index (Phi) is 5.14. The minimum absolute atomic E-state index is 0.414. The van der Waals surface area contributed by atoms with Gasteiger partial charge in [0.05, 0.1) is 5.69 Å². The van der Waals surface area contributed by atoms with Crippen molar-refractivity contribution in [3.63, 3.8) is 0 Å². The molecule has 1 aromatic carbocycles. The van der Waals surface area contributed by atoms with Gasteiger partial charge in [0.2, 0.25) is 0 Å². The summed E-state index contributed by atoms with van der Waals surface area (Å²) in [6.07, 6.45) is 2.50. The molecule has 0 aliphatic heterocycles. The van der Waals surface area contributed by atoms with E-state index >= 15 is 0 Å². The van der Waals surface area contributed by atoms with Gasteiger partial charge < -0.3 is 5.11 Å². The molecule has 0 aliphatic carbocycles. The molecule has 0 atom stereocenters. The molecule has 0 aromatic heterocycles. The van der Waals surface area contributed by atoms with Crippen molar-refractivity contribution in [3.05, 3.63) is 35.4 Å². The number of hydrogen-bond acceptors (Lipinski definition) is 3. The molecule has 0 fully saturated rings. The van der Waals surface area contributed by atoms with E-state index in [-0.39, 0.29) is 0 Å². The molecule has 0 saturated heterocycles. The van der Waals surface area contributed by atoms with Gasteiger partial charge in [-0.15, -0.1) is 0 Å². The predicted octanol–water partition coefficient (Wildman–Crippen LogP) is 2.14. The van der Waals surface area contributed by atoms with Crippen LogP contribution in [0.25, 0.3) is 6.08 Å². The highest BCUT2D eigenvalue weighted by Crippen LogP contribution is 2.17. The number of hydrogen-bond donors (Lipinski definition) is 3. The van der Waals surface area contributed by atoms with Crippen molar-refractivity contribution in [2.45, 2.75) is 33.2 Å². The second kappa shape index (κ2) is 6.28. The zero-order chi connectivity index (χ0) is 16.3. The van der Waals surface area contributed by atoms with E-state index in [0.29, 0.717) is 11.3 Å². The van der Waals surface area contributed by atoms with Crippen LogP contribution in [0.1, 0.15) is 31.9 Å². The first-order valence-corrected chi connectivity index (χ1v) is 7.80. The average Bonchev–Trinajstić information content (AvgIpc) is 2.23. The lowest BCUT2D eigenvalue weighted by atomic mass is 10.1. The van der Waals surface area contributed by atoms with Crippen LogP contribution in [-0.2, 0) is 15.0 Å². The zero-order valence-electron chi connectivity index (χ0n) is 12.5. The van der Waals surface area contributed by atoms with Crippen LogP contribution in [0.5, 0.6) is 0 Å². The smallest absolute Gasteiger partial charge is 0.328 e. The van der Waals surface area contributed by atoms with Gasteiger partial charge in [-0.25, -0.2) is 4.79 Å². The summed E-state index contributed by atoms with van der Waals surface area (Å²) in [4.78, 5) is 10.5. The first-order valence-electron chi connectivity index (χ1n) is 6.32. The Morgan fingerprint density at radius 3 is 2.38 bits per heavy atom. The molecule has 0 aliphatic rings. The van der Waals surface area contributed by atoms with E-state index in [2.05, 4.69) is 9.44 Å². The van der Waals surface area contributed by atoms with E-state index in [9.17, 15) is 13.2 Å². The predicted molar refractivity (Wildman–Crippen MR) is 83.3 cm³/mol. The van der Waals surface area contributed by atoms with Crippen LogP contribution in [0.4, 0.5) is 5.69 Å². The first-order chi connectivity index (χ1) is 9.48. The summed E-state index contributed by atoms with van der Waals surface area (Å²) in [5, 5.41) is 8.59. The molecule has 0 unspecified atom stereocenters. The topological polar surface area (TPSA) is 95.5 Å². The average molecular weight is 312 g/mol. The lowest BCUT2D eigenvalue weighted by Gasteiger charge is -2.21. The van der Waals surface area contributed by atoms with Crippen molar-refractivity contribution in [1.29, 1.82) is 0 Å². The van der Waals surface area contributed by atoms with Crippen LogP contribution in [0.2, 0.25) is 0 Å². The number of rotatable bonds is 5. The Labute approximate surface area is 125 Å². The van der Waals surface area contributed by atoms with E-state index < -0.39 is 21.7 Å². The number of carboxylic acids is 1. The fourth-order valence-electron chi connectivity index (χ4n) is 1.67. The van der Waals surface area contributed by atoms with Gasteiger partial charge in [0.1, 0.15) is 0 Å². The quantitative estimate of drug-likeness (QED) is 0.726. The summed E-state index contributed by atoms with van der Waals surface area (Å²) in [5.41, 5.74) is 1.31. The van der Waals surface area contributed by atoms with E-state index in [1.165, 1.54) is 6.08 Å². The van der Waals surface area contributed by atoms with Gasteiger partial charge in [0, 0.05) is 11.6 Å². The highest BCUT2D eigenvalue weighted by atomic mass is 32.2. The van der Waals surface area contributed by atoms with Gasteiger partial charge in [-0.05, 0) is 57.0 Å². The van der Waals surface area contributed by atoms with Crippen LogP contribution < -0.4 is 9.44 Å². The van der Waals surface area contributed by atoms with Gasteiger partial charge in [0.15, 0.2) is 0 Å². The van der Waals surface area contributed by atoms with Gasteiger partial charge >= 0.3 is 5.97 Å². The fourth-order valence-corrected chi connectivity index (χ4v) is 2.97. The van der Waals surface area contributed by atoms with Crippen molar-refractivity contribution in [3.8, 4) is 0 Å². The van der Waals surface area contributed by atoms with Gasteiger partial charge in [-0.1, -0.05) is 6.07 Å². The van der Waals surface area contributed by atoms with Crippen molar-refractivity contribution >= 4 is 27.9 Å². The number of nitrogens with one attached hydrogen (secondary N) is 2. The summed E-state index contributed by atoms with van der Waals surface area (Å²) in [5.74, 6) is -1.03. The number of aliphatic carboxylic acids is 1. The van der Waals surface area contributed by atoms with Gasteiger partial charge in [-0.2, -0.15) is 13.1 Å². The maximum atomic E-state index is 11.9. The molecular weight excluding hydrogens is 292 g/mol. The van der Waals surface area contributed by atoms with E-state index in [1.54, 1.807) is 45.9 Å². The third-order valence-electron chi connectivity index (χ3n) is 2.37. The summed E-state index contributed by atoms with van der Waals surface area (Å²) in [6.45, 7) is 7.02. The summed E-state index contributed by atoms with van der Waals surface area (Å²) < 4.78 is 28.7. The Morgan fingerprint density at radius 1 is 1.29 bits per heavy atom. The second-order valence-electron chi connectivity index (χ2n) is 5.70. The minimum Gasteiger partial charge on any atom is -0.478 e. The lowest BCUT2D eigenvalue weighted by Crippen LogP contribution is -2.43. The van der Waals surface area contributed by atoms with Crippen LogP contribution in [-0.4, -0.2) is 25.0 Å². The largest absolute Gasteiger partial charge is 0.478 e. The summed E-state index contributed by atoms with van der Waals surface area (Å²) >= 11 is 0. The monoisotopic (exact) mass is 312 g/mol. The lowest BCUT2D eigenvalue weighted by molar-refractivity contribution is -0.131. The molecule has 0 bridgehead atoms. The normalized spacial score (nSPS) is 12.6. The minimum atomic E-state index is -3.66. The molecule has 3 N–H and O–H groups in total. The molecule has 116 valence electrons. The molecular formula is C14H20N2O4S. The molecule has 6 nitrogen and oxygen atoms in total. The maximum absolute atomic E-state index is 11.9. The first kappa shape index (κ1) is 17.2. The highest BCUT2D eigenvalue weighted by Gasteiger charge is 2.19. The summed E-state index contributed by atoms with van der Waals surface area (Å²) in [7, 11) is -3.66. The molecule has 1 rings (SSSR count). The van der Waals surface area contributed by atoms with Crippen molar-refractivity contribution in [2.75, 3.05) is 4.72 Å². The van der Waals surface area contributed by atoms with E-state index in [4.69, 9.17) is 5.11 Å². The van der Waals surface area contributed by atoms with Crippen LogP contribution >= 0.6 is 0 Å². The number of carboxylic acid groups (broad SMARTS) is 1. The molecule has 1 aromatic rings. The van der Waals surface area contributed by atoms with E-state index in [1.807, 2.05) is 0 Å². The standard InChI is InChI=1S/C14H20N2O4S/c1-10-9-12(7-5-11(10)6-8-13(17)18)15-21(19,20)16-14(2,3)4/h5-9,15-16H,1-4H3,(H,17,18)/b8-6+. The molecule has 0 radical (unpaired) electrons. The van der Waals surface area contributed by atoms with Crippen molar-refractivity contribution < 1.29 is 18.3 Å². The molecule has 0 amide bonds. The Bertz CT molecular complexity index is 658. The van der Waals surface area contributed by atoms with Gasteiger partial charge in [-0.3, -0.25) is 4.72 Å². The molecule has 0 saturated carbocycles.